The topological polar surface area (TPSA) is 96.6 Å². The monoisotopic (exact) mass is 447 g/mol. The van der Waals surface area contributed by atoms with Crippen molar-refractivity contribution >= 4 is 15.7 Å². The van der Waals surface area contributed by atoms with Crippen LogP contribution in [0.2, 0.25) is 0 Å². The van der Waals surface area contributed by atoms with Crippen molar-refractivity contribution in [3.05, 3.63) is 108 Å². The van der Waals surface area contributed by atoms with Crippen LogP contribution in [0, 0.1) is 0 Å². The first kappa shape index (κ1) is 21.4. The minimum Gasteiger partial charge on any atom is -0.508 e. The smallest absolute Gasteiger partial charge is 0.287 e. The van der Waals surface area contributed by atoms with Gasteiger partial charge in [-0.2, -0.15) is 0 Å². The molecule has 0 saturated heterocycles. The predicted molar refractivity (Wildman–Crippen MR) is 121 cm³/mol. The standard InChI is InChI=1S/C25H21NO5S/c27-22-12-10-20(11-13-22)19-8-6-18(7-9-19)16-26-25(28)24-21(14-15-31-24)17-32(29,30)23-4-2-1-3-5-23/h1-15,27H,16-17H2,(H,26,28). The van der Waals surface area contributed by atoms with Crippen LogP contribution in [0.3, 0.4) is 0 Å². The molecule has 162 valence electrons. The van der Waals surface area contributed by atoms with Crippen LogP contribution < -0.4 is 5.32 Å². The third kappa shape index (κ3) is 4.90. The Morgan fingerprint density at radius 2 is 1.47 bits per heavy atom. The minimum absolute atomic E-state index is 0.00906. The maximum Gasteiger partial charge on any atom is 0.287 e. The number of benzene rings is 3. The highest BCUT2D eigenvalue weighted by Gasteiger charge is 2.22. The lowest BCUT2D eigenvalue weighted by Gasteiger charge is -2.08. The van der Waals surface area contributed by atoms with Gasteiger partial charge in [-0.1, -0.05) is 54.6 Å². The van der Waals surface area contributed by atoms with Gasteiger partial charge in [-0.25, -0.2) is 8.42 Å². The first-order valence-electron chi connectivity index (χ1n) is 9.93. The molecule has 0 aliphatic rings. The molecule has 2 N–H and O–H groups in total. The number of rotatable bonds is 7. The van der Waals surface area contributed by atoms with E-state index in [4.69, 9.17) is 4.42 Å². The minimum atomic E-state index is -3.60. The molecule has 3 aromatic carbocycles. The molecule has 1 heterocycles. The molecule has 0 atom stereocenters. The number of aromatic hydroxyl groups is 1. The number of carbonyl (C=O) groups is 1. The van der Waals surface area contributed by atoms with E-state index in [1.807, 2.05) is 36.4 Å². The van der Waals surface area contributed by atoms with Crippen LogP contribution in [0.15, 0.2) is 101 Å². The van der Waals surface area contributed by atoms with Crippen molar-refractivity contribution < 1.29 is 22.7 Å². The van der Waals surface area contributed by atoms with Crippen molar-refractivity contribution in [3.63, 3.8) is 0 Å². The number of hydrogen-bond donors (Lipinski definition) is 2. The third-order valence-electron chi connectivity index (χ3n) is 5.01. The van der Waals surface area contributed by atoms with Gasteiger partial charge in [0.25, 0.3) is 5.91 Å². The number of nitrogens with one attached hydrogen (secondary N) is 1. The Hall–Kier alpha value is -3.84. The number of sulfone groups is 1. The Morgan fingerprint density at radius 3 is 2.12 bits per heavy atom. The van der Waals surface area contributed by atoms with Gasteiger partial charge in [-0.15, -0.1) is 0 Å². The second kappa shape index (κ2) is 9.11. The fraction of sp³-hybridized carbons (Fsp3) is 0.0800. The average Bonchev–Trinajstić information content (AvgIpc) is 3.26. The fourth-order valence-electron chi connectivity index (χ4n) is 3.30. The molecular weight excluding hydrogens is 426 g/mol. The Morgan fingerprint density at radius 1 is 0.844 bits per heavy atom. The Balaban J connectivity index is 1.41. The molecule has 0 saturated carbocycles. The van der Waals surface area contributed by atoms with E-state index in [0.29, 0.717) is 5.56 Å². The van der Waals surface area contributed by atoms with Gasteiger partial charge in [-0.3, -0.25) is 4.79 Å². The highest BCUT2D eigenvalue weighted by molar-refractivity contribution is 7.90. The normalized spacial score (nSPS) is 11.2. The maximum atomic E-state index is 12.6. The molecule has 4 aromatic rings. The molecule has 0 fully saturated rings. The molecule has 0 radical (unpaired) electrons. The molecule has 0 aliphatic heterocycles. The summed E-state index contributed by atoms with van der Waals surface area (Å²) in [6, 6.07) is 24.2. The van der Waals surface area contributed by atoms with Gasteiger partial charge in [0.05, 0.1) is 16.9 Å². The third-order valence-corrected chi connectivity index (χ3v) is 6.69. The van der Waals surface area contributed by atoms with Crippen LogP contribution in [0.5, 0.6) is 5.75 Å². The SMILES string of the molecule is O=C(NCc1ccc(-c2ccc(O)cc2)cc1)c1occc1CS(=O)(=O)c1ccccc1. The molecule has 0 spiro atoms. The van der Waals surface area contributed by atoms with E-state index in [1.165, 1.54) is 24.5 Å². The number of phenols is 1. The van der Waals surface area contributed by atoms with Crippen molar-refractivity contribution in [2.45, 2.75) is 17.2 Å². The van der Waals surface area contributed by atoms with Gasteiger partial charge in [-0.05, 0) is 47.0 Å². The first-order chi connectivity index (χ1) is 15.4. The van der Waals surface area contributed by atoms with E-state index in [-0.39, 0.29) is 28.7 Å². The lowest BCUT2D eigenvalue weighted by atomic mass is 10.0. The lowest BCUT2D eigenvalue weighted by molar-refractivity contribution is 0.0922. The van der Waals surface area contributed by atoms with Crippen molar-refractivity contribution in [2.24, 2.45) is 0 Å². The second-order valence-corrected chi connectivity index (χ2v) is 9.26. The number of phenolic OH excluding ortho intramolecular Hbond substituents is 1. The molecule has 0 unspecified atom stereocenters. The zero-order valence-corrected chi connectivity index (χ0v) is 17.9. The summed E-state index contributed by atoms with van der Waals surface area (Å²) in [4.78, 5) is 12.8. The zero-order valence-electron chi connectivity index (χ0n) is 17.1. The van der Waals surface area contributed by atoms with Crippen molar-refractivity contribution in [3.8, 4) is 16.9 Å². The number of furan rings is 1. The Bertz CT molecular complexity index is 1310. The van der Waals surface area contributed by atoms with Gasteiger partial charge >= 0.3 is 0 Å². The molecule has 4 rings (SSSR count). The van der Waals surface area contributed by atoms with E-state index < -0.39 is 15.7 Å². The van der Waals surface area contributed by atoms with Crippen LogP contribution in [0.1, 0.15) is 21.7 Å². The van der Waals surface area contributed by atoms with Crippen LogP contribution in [-0.4, -0.2) is 19.4 Å². The summed E-state index contributed by atoms with van der Waals surface area (Å²) in [6.07, 6.45) is 1.32. The van der Waals surface area contributed by atoms with Crippen LogP contribution in [0.25, 0.3) is 11.1 Å². The fourth-order valence-corrected chi connectivity index (χ4v) is 4.67. The molecule has 1 aromatic heterocycles. The highest BCUT2D eigenvalue weighted by Crippen LogP contribution is 2.23. The number of amides is 1. The number of hydrogen-bond acceptors (Lipinski definition) is 5. The lowest BCUT2D eigenvalue weighted by Crippen LogP contribution is -2.23. The van der Waals surface area contributed by atoms with Crippen LogP contribution in [-0.2, 0) is 22.1 Å². The van der Waals surface area contributed by atoms with E-state index >= 15 is 0 Å². The predicted octanol–water partition coefficient (Wildman–Crippen LogP) is 4.56. The molecule has 32 heavy (non-hydrogen) atoms. The van der Waals surface area contributed by atoms with Crippen LogP contribution >= 0.6 is 0 Å². The molecule has 7 heteroatoms. The first-order valence-corrected chi connectivity index (χ1v) is 11.6. The largest absolute Gasteiger partial charge is 0.508 e. The Labute approximate surface area is 186 Å². The summed E-state index contributed by atoms with van der Waals surface area (Å²) in [7, 11) is -3.60. The van der Waals surface area contributed by atoms with Crippen LogP contribution in [0.4, 0.5) is 0 Å². The van der Waals surface area contributed by atoms with Crippen molar-refractivity contribution in [2.75, 3.05) is 0 Å². The van der Waals surface area contributed by atoms with Gasteiger partial charge in [0.2, 0.25) is 0 Å². The molecular formula is C25H21NO5S. The molecule has 0 aliphatic carbocycles. The zero-order chi connectivity index (χ0) is 22.6. The van der Waals surface area contributed by atoms with E-state index in [0.717, 1.165) is 16.7 Å². The number of carbonyl (C=O) groups excluding carboxylic acids is 1. The highest BCUT2D eigenvalue weighted by atomic mass is 32.2. The van der Waals surface area contributed by atoms with Crippen molar-refractivity contribution in [1.82, 2.24) is 5.32 Å². The maximum absolute atomic E-state index is 12.6. The summed E-state index contributed by atoms with van der Waals surface area (Å²) >= 11 is 0. The summed E-state index contributed by atoms with van der Waals surface area (Å²) in [6.45, 7) is 0.264. The summed E-state index contributed by atoms with van der Waals surface area (Å²) in [5, 5.41) is 12.2. The quantitative estimate of drug-likeness (QED) is 0.433. The summed E-state index contributed by atoms with van der Waals surface area (Å²) < 4.78 is 30.6. The molecule has 6 nitrogen and oxygen atoms in total. The molecule has 1 amide bonds. The van der Waals surface area contributed by atoms with Gasteiger partial charge in [0.15, 0.2) is 15.6 Å². The van der Waals surface area contributed by atoms with E-state index in [9.17, 15) is 18.3 Å². The summed E-state index contributed by atoms with van der Waals surface area (Å²) in [5.41, 5.74) is 3.15. The average molecular weight is 448 g/mol. The van der Waals surface area contributed by atoms with E-state index in [2.05, 4.69) is 5.32 Å². The van der Waals surface area contributed by atoms with E-state index in [1.54, 1.807) is 30.3 Å². The van der Waals surface area contributed by atoms with Gasteiger partial charge in [0, 0.05) is 12.1 Å². The second-order valence-electron chi connectivity index (χ2n) is 7.27. The van der Waals surface area contributed by atoms with Crippen molar-refractivity contribution in [1.29, 1.82) is 0 Å². The van der Waals surface area contributed by atoms with Gasteiger partial charge < -0.3 is 14.8 Å². The summed E-state index contributed by atoms with van der Waals surface area (Å²) in [5.74, 6) is -0.597. The Kier molecular flexibility index (Phi) is 6.09. The van der Waals surface area contributed by atoms with Gasteiger partial charge in [0.1, 0.15) is 5.75 Å². The molecule has 0 bridgehead atoms.